The van der Waals surface area contributed by atoms with Crippen molar-refractivity contribution in [2.75, 3.05) is 0 Å². The molecule has 0 radical (unpaired) electrons. The number of fused-ring (bicyclic) bond motifs is 4. The van der Waals surface area contributed by atoms with Crippen molar-refractivity contribution in [3.8, 4) is 17.1 Å². The van der Waals surface area contributed by atoms with Gasteiger partial charge in [-0.1, -0.05) is 18.2 Å². The van der Waals surface area contributed by atoms with Gasteiger partial charge in [-0.2, -0.15) is 0 Å². The van der Waals surface area contributed by atoms with Crippen molar-refractivity contribution in [1.82, 2.24) is 19.5 Å². The fourth-order valence-electron chi connectivity index (χ4n) is 3.78. The van der Waals surface area contributed by atoms with Crippen LogP contribution < -0.4 is 0 Å². The third-order valence-electron chi connectivity index (χ3n) is 5.06. The number of thiophene rings is 1. The summed E-state index contributed by atoms with van der Waals surface area (Å²) in [6, 6.07) is 19.1. The molecule has 0 bridgehead atoms. The Morgan fingerprint density at radius 2 is 1.68 bits per heavy atom. The van der Waals surface area contributed by atoms with Gasteiger partial charge in [-0.05, 0) is 47.2 Å². The lowest BCUT2D eigenvalue weighted by atomic mass is 10.1. The summed E-state index contributed by atoms with van der Waals surface area (Å²) < 4.78 is 3.53. The molecule has 0 aliphatic heterocycles. The number of hydrogen-bond donors (Lipinski definition) is 0. The van der Waals surface area contributed by atoms with Crippen LogP contribution in [0.15, 0.2) is 84.8 Å². The highest BCUT2D eigenvalue weighted by Gasteiger charge is 2.14. The van der Waals surface area contributed by atoms with E-state index >= 15 is 0 Å². The van der Waals surface area contributed by atoms with Crippen molar-refractivity contribution >= 4 is 43.2 Å². The predicted molar refractivity (Wildman–Crippen MR) is 115 cm³/mol. The smallest absolute Gasteiger partial charge is 0.160 e. The monoisotopic (exact) mass is 378 g/mol. The molecule has 28 heavy (non-hydrogen) atoms. The maximum atomic E-state index is 4.60. The normalized spacial score (nSPS) is 11.6. The molecular formula is C23H14N4S. The van der Waals surface area contributed by atoms with Crippen molar-refractivity contribution in [3.05, 3.63) is 84.8 Å². The quantitative estimate of drug-likeness (QED) is 0.379. The number of aromatic nitrogens is 4. The minimum atomic E-state index is 0.679. The number of rotatable bonds is 2. The van der Waals surface area contributed by atoms with Gasteiger partial charge in [0.05, 0.1) is 29.1 Å². The first kappa shape index (κ1) is 15.5. The number of nitrogens with zero attached hydrogens (tertiary/aromatic N) is 4. The summed E-state index contributed by atoms with van der Waals surface area (Å²) in [4.78, 5) is 13.4. The summed E-state index contributed by atoms with van der Waals surface area (Å²) in [5.74, 6) is 0.679. The van der Waals surface area contributed by atoms with Crippen LogP contribution >= 0.6 is 11.3 Å². The molecule has 0 fully saturated rings. The molecule has 0 spiro atoms. The number of benzene rings is 2. The van der Waals surface area contributed by atoms with Crippen molar-refractivity contribution in [2.45, 2.75) is 0 Å². The molecule has 6 rings (SSSR count). The fraction of sp³-hybridized carbons (Fsp3) is 0. The van der Waals surface area contributed by atoms with Crippen LogP contribution in [0.25, 0.3) is 49.0 Å². The Balaban J connectivity index is 1.62. The molecule has 4 heterocycles. The largest absolute Gasteiger partial charge is 0.306 e. The average molecular weight is 378 g/mol. The van der Waals surface area contributed by atoms with Crippen molar-refractivity contribution in [1.29, 1.82) is 0 Å². The number of hydrogen-bond acceptors (Lipinski definition) is 4. The van der Waals surface area contributed by atoms with E-state index < -0.39 is 0 Å². The molecule has 4 nitrogen and oxygen atoms in total. The second-order valence-corrected chi connectivity index (χ2v) is 7.63. The second kappa shape index (κ2) is 5.97. The van der Waals surface area contributed by atoms with Crippen molar-refractivity contribution in [3.63, 3.8) is 0 Å². The first-order chi connectivity index (χ1) is 13.9. The zero-order valence-electron chi connectivity index (χ0n) is 14.8. The summed E-state index contributed by atoms with van der Waals surface area (Å²) in [6.07, 6.45) is 7.31. The average Bonchev–Trinajstić information content (AvgIpc) is 3.35. The first-order valence-electron chi connectivity index (χ1n) is 9.02. The molecule has 132 valence electrons. The van der Waals surface area contributed by atoms with E-state index in [9.17, 15) is 0 Å². The molecule has 0 aliphatic rings. The maximum Gasteiger partial charge on any atom is 0.160 e. The molecule has 5 heteroatoms. The Labute approximate surface area is 164 Å². The van der Waals surface area contributed by atoms with Gasteiger partial charge in [-0.3, -0.25) is 4.98 Å². The molecule has 0 saturated carbocycles. The Kier molecular flexibility index (Phi) is 3.30. The Bertz CT molecular complexity index is 1450. The lowest BCUT2D eigenvalue weighted by Gasteiger charge is -2.08. The highest BCUT2D eigenvalue weighted by molar-refractivity contribution is 7.17. The minimum Gasteiger partial charge on any atom is -0.306 e. The highest BCUT2D eigenvalue weighted by Crippen LogP contribution is 2.35. The van der Waals surface area contributed by atoms with Crippen LogP contribution in [0.2, 0.25) is 0 Å². The van der Waals surface area contributed by atoms with Crippen LogP contribution in [-0.4, -0.2) is 19.5 Å². The van der Waals surface area contributed by atoms with E-state index in [0.29, 0.717) is 5.82 Å². The van der Waals surface area contributed by atoms with E-state index in [1.54, 1.807) is 23.7 Å². The number of pyridine rings is 1. The topological polar surface area (TPSA) is 43.6 Å². The van der Waals surface area contributed by atoms with Crippen LogP contribution in [0.4, 0.5) is 0 Å². The first-order valence-corrected chi connectivity index (χ1v) is 9.90. The zero-order chi connectivity index (χ0) is 18.5. The third-order valence-corrected chi connectivity index (χ3v) is 5.94. The van der Waals surface area contributed by atoms with E-state index in [1.165, 1.54) is 26.4 Å². The second-order valence-electron chi connectivity index (χ2n) is 6.69. The van der Waals surface area contributed by atoms with E-state index in [4.69, 9.17) is 0 Å². The molecule has 0 N–H and O–H groups in total. The fourth-order valence-corrected chi connectivity index (χ4v) is 4.59. The standard InChI is InChI=1S/C23H14N4S/c1-2-6-20-18(5-1)19-10-15-7-9-28-22(15)11-21(19)27(20)17-13-25-23(26-14-17)16-4-3-8-24-12-16/h1-14H. The van der Waals surface area contributed by atoms with Gasteiger partial charge in [-0.25, -0.2) is 9.97 Å². The lowest BCUT2D eigenvalue weighted by Crippen LogP contribution is -1.97. The predicted octanol–water partition coefficient (Wildman–Crippen LogP) is 5.85. The van der Waals surface area contributed by atoms with Gasteiger partial charge >= 0.3 is 0 Å². The molecule has 0 atom stereocenters. The van der Waals surface area contributed by atoms with Gasteiger partial charge in [0, 0.05) is 33.4 Å². The lowest BCUT2D eigenvalue weighted by molar-refractivity contribution is 1.08. The molecule has 0 saturated heterocycles. The van der Waals surface area contributed by atoms with Gasteiger partial charge in [0.25, 0.3) is 0 Å². The summed E-state index contributed by atoms with van der Waals surface area (Å²) in [5.41, 5.74) is 4.20. The van der Waals surface area contributed by atoms with Crippen LogP contribution in [-0.2, 0) is 0 Å². The summed E-state index contributed by atoms with van der Waals surface area (Å²) in [5, 5.41) is 5.91. The van der Waals surface area contributed by atoms with E-state index in [0.717, 1.165) is 16.8 Å². The molecule has 0 unspecified atom stereocenters. The van der Waals surface area contributed by atoms with E-state index in [2.05, 4.69) is 67.4 Å². The van der Waals surface area contributed by atoms with Crippen LogP contribution in [0, 0.1) is 0 Å². The Hall–Kier alpha value is -3.57. The third kappa shape index (κ3) is 2.27. The minimum absolute atomic E-state index is 0.679. The van der Waals surface area contributed by atoms with Crippen molar-refractivity contribution < 1.29 is 0 Å². The molecule has 0 amide bonds. The van der Waals surface area contributed by atoms with E-state index in [1.807, 2.05) is 24.5 Å². The van der Waals surface area contributed by atoms with Gasteiger partial charge in [0.15, 0.2) is 5.82 Å². The number of para-hydroxylation sites is 1. The van der Waals surface area contributed by atoms with Gasteiger partial charge in [-0.15, -0.1) is 11.3 Å². The van der Waals surface area contributed by atoms with Gasteiger partial charge in [0.1, 0.15) is 0 Å². The van der Waals surface area contributed by atoms with Crippen molar-refractivity contribution in [2.24, 2.45) is 0 Å². The molecule has 2 aromatic carbocycles. The Morgan fingerprint density at radius 1 is 0.786 bits per heavy atom. The molecule has 0 aliphatic carbocycles. The van der Waals surface area contributed by atoms with Crippen LogP contribution in [0.3, 0.4) is 0 Å². The van der Waals surface area contributed by atoms with Gasteiger partial charge in [0.2, 0.25) is 0 Å². The summed E-state index contributed by atoms with van der Waals surface area (Å²) in [6.45, 7) is 0. The SMILES string of the molecule is c1cncc(-c2ncc(-n3c4ccccc4c4cc5ccsc5cc43)cn2)c1. The zero-order valence-corrected chi connectivity index (χ0v) is 15.6. The molecular weight excluding hydrogens is 364 g/mol. The maximum absolute atomic E-state index is 4.60. The Morgan fingerprint density at radius 3 is 2.54 bits per heavy atom. The molecule has 6 aromatic rings. The highest BCUT2D eigenvalue weighted by atomic mass is 32.1. The van der Waals surface area contributed by atoms with Crippen LogP contribution in [0.1, 0.15) is 0 Å². The molecule has 4 aromatic heterocycles. The summed E-state index contributed by atoms with van der Waals surface area (Å²) >= 11 is 1.76. The van der Waals surface area contributed by atoms with E-state index in [-0.39, 0.29) is 0 Å². The van der Waals surface area contributed by atoms with Gasteiger partial charge < -0.3 is 4.57 Å². The summed E-state index contributed by atoms with van der Waals surface area (Å²) in [7, 11) is 0. The van der Waals surface area contributed by atoms with Crippen LogP contribution in [0.5, 0.6) is 0 Å².